The number of nitrogens with one attached hydrogen (secondary N) is 1. The summed E-state index contributed by atoms with van der Waals surface area (Å²) in [6.45, 7) is 0. The van der Waals surface area contributed by atoms with Gasteiger partial charge >= 0.3 is 0 Å². The molecule has 1 atom stereocenters. The highest BCUT2D eigenvalue weighted by atomic mass is 32.2. The molecule has 0 amide bonds. The van der Waals surface area contributed by atoms with Crippen LogP contribution in [0.5, 0.6) is 0 Å². The molecule has 3 rings (SSSR count). The van der Waals surface area contributed by atoms with Crippen LogP contribution in [0.4, 0.5) is 5.69 Å². The average molecular weight is 311 g/mol. The second kappa shape index (κ2) is 5.69. The maximum absolute atomic E-state index is 12.7. The molecule has 22 heavy (non-hydrogen) atoms. The van der Waals surface area contributed by atoms with Crippen molar-refractivity contribution < 1.29 is 13.8 Å². The summed E-state index contributed by atoms with van der Waals surface area (Å²) in [5.41, 5.74) is 1.40. The molecule has 0 aliphatic heterocycles. The molecule has 0 fully saturated rings. The third kappa shape index (κ3) is 2.40. The Morgan fingerprint density at radius 1 is 0.818 bits per heavy atom. The summed E-state index contributed by atoms with van der Waals surface area (Å²) < 4.78 is 12.0. The standard InChI is InChI=1S/C17H13NO3S/c1-22(21)17-14(18-11-7-3-2-4-8-11)15(19)12-9-5-6-10-13(12)16(17)20/h2-10,18H,1H3. The van der Waals surface area contributed by atoms with Crippen molar-refractivity contribution in [3.8, 4) is 0 Å². The third-order valence-electron chi connectivity index (χ3n) is 3.41. The molecule has 4 nitrogen and oxygen atoms in total. The minimum Gasteiger partial charge on any atom is -0.351 e. The number of carbonyl (C=O) groups is 2. The van der Waals surface area contributed by atoms with Crippen molar-refractivity contribution in [2.75, 3.05) is 11.6 Å². The molecule has 1 unspecified atom stereocenters. The number of hydrogen-bond donors (Lipinski definition) is 1. The van der Waals surface area contributed by atoms with Crippen molar-refractivity contribution >= 4 is 28.1 Å². The van der Waals surface area contributed by atoms with Gasteiger partial charge in [-0.3, -0.25) is 13.8 Å². The fourth-order valence-electron chi connectivity index (χ4n) is 2.41. The summed E-state index contributed by atoms with van der Waals surface area (Å²) in [4.78, 5) is 25.3. The minimum absolute atomic E-state index is 0.0209. The molecular formula is C17H13NO3S. The number of para-hydroxylation sites is 1. The van der Waals surface area contributed by atoms with Gasteiger partial charge in [-0.25, -0.2) is 0 Å². The van der Waals surface area contributed by atoms with Crippen LogP contribution < -0.4 is 5.32 Å². The van der Waals surface area contributed by atoms with E-state index in [-0.39, 0.29) is 22.2 Å². The summed E-state index contributed by atoms with van der Waals surface area (Å²) in [5, 5.41) is 2.95. The maximum Gasteiger partial charge on any atom is 0.211 e. The van der Waals surface area contributed by atoms with Crippen LogP contribution in [0.2, 0.25) is 0 Å². The Bertz CT molecular complexity index is 825. The quantitative estimate of drug-likeness (QED) is 0.946. The number of rotatable bonds is 3. The van der Waals surface area contributed by atoms with E-state index in [2.05, 4.69) is 5.32 Å². The van der Waals surface area contributed by atoms with Gasteiger partial charge in [0.1, 0.15) is 10.6 Å². The van der Waals surface area contributed by atoms with Crippen molar-refractivity contribution in [1.82, 2.24) is 0 Å². The van der Waals surface area contributed by atoms with Crippen LogP contribution in [-0.2, 0) is 10.8 Å². The third-order valence-corrected chi connectivity index (χ3v) is 4.37. The molecular weight excluding hydrogens is 298 g/mol. The Balaban J connectivity index is 2.15. The Hall–Kier alpha value is -2.53. The zero-order chi connectivity index (χ0) is 15.7. The second-order valence-electron chi connectivity index (χ2n) is 4.85. The van der Waals surface area contributed by atoms with E-state index in [4.69, 9.17) is 0 Å². The lowest BCUT2D eigenvalue weighted by Crippen LogP contribution is -2.27. The van der Waals surface area contributed by atoms with Crippen LogP contribution in [0.25, 0.3) is 0 Å². The highest BCUT2D eigenvalue weighted by Crippen LogP contribution is 2.28. The number of ketones is 2. The zero-order valence-corrected chi connectivity index (χ0v) is 12.6. The van der Waals surface area contributed by atoms with E-state index >= 15 is 0 Å². The molecule has 2 aromatic rings. The predicted octanol–water partition coefficient (Wildman–Crippen LogP) is 2.77. The van der Waals surface area contributed by atoms with Gasteiger partial charge in [0.15, 0.2) is 0 Å². The predicted molar refractivity (Wildman–Crippen MR) is 86.3 cm³/mol. The Morgan fingerprint density at radius 2 is 1.36 bits per heavy atom. The molecule has 0 bridgehead atoms. The van der Waals surface area contributed by atoms with Gasteiger partial charge in [0.05, 0.1) is 10.8 Å². The Kier molecular flexibility index (Phi) is 3.73. The van der Waals surface area contributed by atoms with Gasteiger partial charge in [-0.05, 0) is 12.1 Å². The normalized spacial score (nSPS) is 15.5. The van der Waals surface area contributed by atoms with Crippen molar-refractivity contribution in [3.63, 3.8) is 0 Å². The van der Waals surface area contributed by atoms with Gasteiger partial charge in [0, 0.05) is 23.1 Å². The highest BCUT2D eigenvalue weighted by molar-refractivity contribution is 7.89. The number of anilines is 1. The molecule has 1 N–H and O–H groups in total. The number of fused-ring (bicyclic) bond motifs is 1. The van der Waals surface area contributed by atoms with Crippen LogP contribution in [0.15, 0.2) is 65.2 Å². The van der Waals surface area contributed by atoms with Gasteiger partial charge in [-0.2, -0.15) is 0 Å². The van der Waals surface area contributed by atoms with E-state index in [0.717, 1.165) is 0 Å². The first kappa shape index (κ1) is 14.4. The smallest absolute Gasteiger partial charge is 0.211 e. The Labute approximate surface area is 130 Å². The maximum atomic E-state index is 12.7. The Morgan fingerprint density at radius 3 is 1.95 bits per heavy atom. The van der Waals surface area contributed by atoms with E-state index in [1.807, 2.05) is 18.2 Å². The van der Waals surface area contributed by atoms with Crippen LogP contribution in [0.1, 0.15) is 20.7 Å². The monoisotopic (exact) mass is 311 g/mol. The van der Waals surface area contributed by atoms with E-state index in [9.17, 15) is 13.8 Å². The largest absolute Gasteiger partial charge is 0.351 e. The van der Waals surface area contributed by atoms with Crippen LogP contribution in [-0.4, -0.2) is 22.0 Å². The number of hydrogen-bond acceptors (Lipinski definition) is 4. The summed E-state index contributed by atoms with van der Waals surface area (Å²) in [7, 11) is -1.57. The molecule has 1 aliphatic rings. The highest BCUT2D eigenvalue weighted by Gasteiger charge is 2.34. The van der Waals surface area contributed by atoms with Gasteiger partial charge in [-0.15, -0.1) is 0 Å². The van der Waals surface area contributed by atoms with Crippen LogP contribution >= 0.6 is 0 Å². The molecule has 0 saturated carbocycles. The summed E-state index contributed by atoms with van der Waals surface area (Å²) in [6.07, 6.45) is 1.40. The van der Waals surface area contributed by atoms with Gasteiger partial charge in [0.25, 0.3) is 0 Å². The fraction of sp³-hybridized carbons (Fsp3) is 0.0588. The first-order chi connectivity index (χ1) is 10.6. The van der Waals surface area contributed by atoms with E-state index < -0.39 is 10.8 Å². The summed E-state index contributed by atoms with van der Waals surface area (Å²) in [5.74, 6) is -0.682. The zero-order valence-electron chi connectivity index (χ0n) is 11.8. The first-order valence-corrected chi connectivity index (χ1v) is 8.23. The summed E-state index contributed by atoms with van der Waals surface area (Å²) >= 11 is 0. The molecule has 0 saturated heterocycles. The van der Waals surface area contributed by atoms with Gasteiger partial charge in [0.2, 0.25) is 11.6 Å². The number of benzene rings is 2. The molecule has 5 heteroatoms. The van der Waals surface area contributed by atoms with Crippen LogP contribution in [0, 0.1) is 0 Å². The molecule has 0 spiro atoms. The number of Topliss-reactive ketones (excluding diaryl/α,β-unsaturated/α-hetero) is 2. The van der Waals surface area contributed by atoms with E-state index in [0.29, 0.717) is 16.8 Å². The number of allylic oxidation sites excluding steroid dienone is 2. The van der Waals surface area contributed by atoms with Crippen molar-refractivity contribution in [3.05, 3.63) is 76.3 Å². The number of carbonyl (C=O) groups excluding carboxylic acids is 2. The van der Waals surface area contributed by atoms with Crippen molar-refractivity contribution in [2.24, 2.45) is 0 Å². The lowest BCUT2D eigenvalue weighted by atomic mass is 9.92. The van der Waals surface area contributed by atoms with Gasteiger partial charge < -0.3 is 5.32 Å². The van der Waals surface area contributed by atoms with Crippen LogP contribution in [0.3, 0.4) is 0 Å². The molecule has 2 aromatic carbocycles. The minimum atomic E-state index is -1.57. The molecule has 1 aliphatic carbocycles. The fourth-order valence-corrected chi connectivity index (χ4v) is 3.21. The molecule has 110 valence electrons. The van der Waals surface area contributed by atoms with Crippen molar-refractivity contribution in [1.29, 1.82) is 0 Å². The second-order valence-corrected chi connectivity index (χ2v) is 6.17. The average Bonchev–Trinajstić information content (AvgIpc) is 2.53. The van der Waals surface area contributed by atoms with E-state index in [1.165, 1.54) is 6.26 Å². The lowest BCUT2D eigenvalue weighted by Gasteiger charge is -2.20. The van der Waals surface area contributed by atoms with Crippen molar-refractivity contribution in [2.45, 2.75) is 0 Å². The topological polar surface area (TPSA) is 63.2 Å². The SMILES string of the molecule is CS(=O)C1=C(Nc2ccccc2)C(=O)c2ccccc2C1=O. The molecule has 0 radical (unpaired) electrons. The summed E-state index contributed by atoms with van der Waals surface area (Å²) in [6, 6.07) is 15.6. The molecule has 0 aromatic heterocycles. The molecule has 0 heterocycles. The first-order valence-electron chi connectivity index (χ1n) is 6.68. The van der Waals surface area contributed by atoms with Gasteiger partial charge in [-0.1, -0.05) is 42.5 Å². The lowest BCUT2D eigenvalue weighted by molar-refractivity contribution is 0.0982. The van der Waals surface area contributed by atoms with E-state index in [1.54, 1.807) is 36.4 Å².